The van der Waals surface area contributed by atoms with Crippen LogP contribution in [0.1, 0.15) is 47.1 Å². The monoisotopic (exact) mass is 448 g/mol. The van der Waals surface area contributed by atoms with Gasteiger partial charge in [0.2, 0.25) is 0 Å². The number of likely N-dealkylation sites (tertiary alicyclic amines) is 1. The number of hydrogen-bond acceptors (Lipinski definition) is 7. The number of nitrogens with zero attached hydrogens (tertiary/aromatic N) is 6. The van der Waals surface area contributed by atoms with Gasteiger partial charge < -0.3 is 10.2 Å². The van der Waals surface area contributed by atoms with Gasteiger partial charge in [-0.15, -0.1) is 24.2 Å². The Kier molecular flexibility index (Phi) is 6.77. The minimum atomic E-state index is 0.0995. The van der Waals surface area contributed by atoms with Gasteiger partial charge in [-0.3, -0.25) is 9.89 Å². The molecule has 0 aromatic carbocycles. The molecule has 9 nitrogen and oxygen atoms in total. The molecule has 1 saturated heterocycles. The highest BCUT2D eigenvalue weighted by Gasteiger charge is 2.25. The van der Waals surface area contributed by atoms with Crippen LogP contribution in [-0.4, -0.2) is 53.7 Å². The molecular weight excluding hydrogens is 424 g/mol. The lowest BCUT2D eigenvalue weighted by atomic mass is 10.3. The van der Waals surface area contributed by atoms with Crippen LogP contribution in [0.25, 0.3) is 5.52 Å². The molecule has 0 radical (unpaired) electrons. The Morgan fingerprint density at radius 3 is 2.75 bits per heavy atom. The minimum absolute atomic E-state index is 0.0995. The standard InChI is InChI=1S/C12H12N6.C8H10N2OS.C2H2/c1-2-10-12(13-7-14-18(10)5-1)15-11-6-9(16-17-11)8-3-4-8;11-8(7-9-3-6-12-7)10-4-1-2-5-10;1-2/h1-2,5-8H,3-4H2,(H2,13,14,15,16,17);3,6H,1-2,4-5H2;1-2H. The number of rotatable bonds is 4. The summed E-state index contributed by atoms with van der Waals surface area (Å²) >= 11 is 1.42. The predicted octanol–water partition coefficient (Wildman–Crippen LogP) is 3.70. The highest BCUT2D eigenvalue weighted by molar-refractivity contribution is 7.11. The van der Waals surface area contributed by atoms with Crippen LogP contribution < -0.4 is 5.32 Å². The molecule has 0 spiro atoms. The fourth-order valence-corrected chi connectivity index (χ4v) is 4.07. The molecule has 2 aliphatic rings. The number of terminal acetylenes is 1. The topological polar surface area (TPSA) is 104 Å². The van der Waals surface area contributed by atoms with E-state index in [1.807, 2.05) is 28.6 Å². The molecule has 164 valence electrons. The number of aromatic nitrogens is 6. The average Bonchev–Trinajstić information content (AvgIpc) is 3.38. The van der Waals surface area contributed by atoms with Crippen molar-refractivity contribution >= 4 is 34.4 Å². The summed E-state index contributed by atoms with van der Waals surface area (Å²) < 4.78 is 1.78. The number of anilines is 2. The Labute approximate surface area is 189 Å². The normalized spacial score (nSPS) is 14.9. The molecule has 5 heterocycles. The van der Waals surface area contributed by atoms with Crippen LogP contribution >= 0.6 is 11.3 Å². The minimum Gasteiger partial charge on any atom is -0.337 e. The van der Waals surface area contributed by atoms with E-state index in [1.165, 1.54) is 36.2 Å². The third-order valence-electron chi connectivity index (χ3n) is 5.20. The Morgan fingerprint density at radius 2 is 2.03 bits per heavy atom. The van der Waals surface area contributed by atoms with E-state index in [2.05, 4.69) is 49.5 Å². The van der Waals surface area contributed by atoms with E-state index in [9.17, 15) is 4.79 Å². The molecule has 1 aliphatic carbocycles. The summed E-state index contributed by atoms with van der Waals surface area (Å²) in [4.78, 5) is 21.7. The van der Waals surface area contributed by atoms with Crippen LogP contribution in [0.3, 0.4) is 0 Å². The summed E-state index contributed by atoms with van der Waals surface area (Å²) in [5, 5.41) is 17.1. The molecule has 1 saturated carbocycles. The molecule has 1 aliphatic heterocycles. The number of amides is 1. The second-order valence-corrected chi connectivity index (χ2v) is 8.29. The van der Waals surface area contributed by atoms with Crippen molar-refractivity contribution in [3.63, 3.8) is 0 Å². The molecule has 0 bridgehead atoms. The van der Waals surface area contributed by atoms with Gasteiger partial charge in [-0.25, -0.2) is 14.5 Å². The number of aromatic amines is 1. The number of H-pyrrole nitrogens is 1. The van der Waals surface area contributed by atoms with Gasteiger partial charge in [0.1, 0.15) is 11.8 Å². The highest BCUT2D eigenvalue weighted by Crippen LogP contribution is 2.39. The smallest absolute Gasteiger partial charge is 0.282 e. The zero-order valence-corrected chi connectivity index (χ0v) is 18.3. The maximum atomic E-state index is 11.6. The number of nitrogens with one attached hydrogen (secondary N) is 2. The number of fused-ring (bicyclic) bond motifs is 1. The molecule has 4 aromatic rings. The molecule has 10 heteroatoms. The van der Waals surface area contributed by atoms with Crippen molar-refractivity contribution in [3.05, 3.63) is 53.0 Å². The second kappa shape index (κ2) is 10.1. The van der Waals surface area contributed by atoms with E-state index < -0.39 is 0 Å². The number of carbonyl (C=O) groups excluding carboxylic acids is 1. The summed E-state index contributed by atoms with van der Waals surface area (Å²) in [5.74, 6) is 2.34. The molecule has 2 fully saturated rings. The Balaban J connectivity index is 0.000000153. The lowest BCUT2D eigenvalue weighted by Gasteiger charge is -2.12. The summed E-state index contributed by atoms with van der Waals surface area (Å²) in [7, 11) is 0. The maximum absolute atomic E-state index is 11.6. The predicted molar refractivity (Wildman–Crippen MR) is 124 cm³/mol. The first-order chi connectivity index (χ1) is 15.8. The average molecular weight is 449 g/mol. The number of thiazole rings is 1. The van der Waals surface area contributed by atoms with Gasteiger partial charge in [0, 0.05) is 48.5 Å². The lowest BCUT2D eigenvalue weighted by molar-refractivity contribution is 0.0792. The zero-order chi connectivity index (χ0) is 22.3. The summed E-state index contributed by atoms with van der Waals surface area (Å²) in [6.45, 7) is 1.80. The van der Waals surface area contributed by atoms with Crippen LogP contribution in [-0.2, 0) is 0 Å². The van der Waals surface area contributed by atoms with Crippen LogP contribution in [0, 0.1) is 12.8 Å². The number of hydrogen-bond donors (Lipinski definition) is 2. The number of carbonyl (C=O) groups is 1. The summed E-state index contributed by atoms with van der Waals surface area (Å²) in [6, 6.07) is 5.96. The lowest BCUT2D eigenvalue weighted by Crippen LogP contribution is -2.27. The largest absolute Gasteiger partial charge is 0.337 e. The van der Waals surface area contributed by atoms with E-state index >= 15 is 0 Å². The van der Waals surface area contributed by atoms with E-state index in [1.54, 1.807) is 10.7 Å². The maximum Gasteiger partial charge on any atom is 0.282 e. The first-order valence-electron chi connectivity index (χ1n) is 10.4. The van der Waals surface area contributed by atoms with E-state index in [0.717, 1.165) is 43.1 Å². The van der Waals surface area contributed by atoms with E-state index in [0.29, 0.717) is 10.9 Å². The quantitative estimate of drug-likeness (QED) is 0.461. The van der Waals surface area contributed by atoms with Crippen molar-refractivity contribution in [2.75, 3.05) is 18.4 Å². The van der Waals surface area contributed by atoms with Crippen LogP contribution in [0.15, 0.2) is 42.3 Å². The first-order valence-corrected chi connectivity index (χ1v) is 11.3. The van der Waals surface area contributed by atoms with Gasteiger partial charge in [0.25, 0.3) is 5.91 Å². The molecule has 4 aromatic heterocycles. The van der Waals surface area contributed by atoms with Gasteiger partial charge in [0.15, 0.2) is 16.6 Å². The van der Waals surface area contributed by atoms with Crippen molar-refractivity contribution in [1.29, 1.82) is 0 Å². The van der Waals surface area contributed by atoms with Gasteiger partial charge in [-0.2, -0.15) is 10.2 Å². The van der Waals surface area contributed by atoms with Gasteiger partial charge >= 0.3 is 0 Å². The summed E-state index contributed by atoms with van der Waals surface area (Å²) in [6.07, 6.45) is 17.9. The molecule has 0 atom stereocenters. The van der Waals surface area contributed by atoms with Crippen LogP contribution in [0.5, 0.6) is 0 Å². The highest BCUT2D eigenvalue weighted by atomic mass is 32.1. The van der Waals surface area contributed by atoms with Gasteiger partial charge in [-0.1, -0.05) is 0 Å². The van der Waals surface area contributed by atoms with Crippen LogP contribution in [0.4, 0.5) is 11.6 Å². The Bertz CT molecular complexity index is 1170. The second-order valence-electron chi connectivity index (χ2n) is 7.39. The van der Waals surface area contributed by atoms with Crippen molar-refractivity contribution in [2.45, 2.75) is 31.6 Å². The molecule has 1 amide bonds. The van der Waals surface area contributed by atoms with Gasteiger partial charge in [0.05, 0.1) is 0 Å². The van der Waals surface area contributed by atoms with Crippen molar-refractivity contribution in [3.8, 4) is 12.8 Å². The first kappa shape index (κ1) is 21.5. The SMILES string of the molecule is C#C.O=C(c1nccs1)N1CCCC1.c1cc2c(Nc3cc(C4CC4)[nH]n3)ncnn2c1. The molecule has 6 rings (SSSR count). The van der Waals surface area contributed by atoms with Crippen molar-refractivity contribution in [1.82, 2.24) is 34.7 Å². The third-order valence-corrected chi connectivity index (χ3v) is 5.96. The molecule has 2 N–H and O–H groups in total. The fourth-order valence-electron chi connectivity index (χ4n) is 3.47. The van der Waals surface area contributed by atoms with Crippen LogP contribution in [0.2, 0.25) is 0 Å². The molecular formula is C22H24N8OS. The van der Waals surface area contributed by atoms with Crippen molar-refractivity contribution in [2.24, 2.45) is 0 Å². The molecule has 0 unspecified atom stereocenters. The fraction of sp³-hybridized carbons (Fsp3) is 0.318. The molecule has 32 heavy (non-hydrogen) atoms. The van der Waals surface area contributed by atoms with Gasteiger partial charge in [-0.05, 0) is 37.8 Å². The Hall–Kier alpha value is -3.71. The van der Waals surface area contributed by atoms with Crippen molar-refractivity contribution < 1.29 is 4.79 Å². The summed E-state index contributed by atoms with van der Waals surface area (Å²) in [5.41, 5.74) is 2.14. The Morgan fingerprint density at radius 1 is 1.22 bits per heavy atom. The van der Waals surface area contributed by atoms with E-state index in [-0.39, 0.29) is 5.91 Å². The zero-order valence-electron chi connectivity index (χ0n) is 17.5. The van der Waals surface area contributed by atoms with E-state index in [4.69, 9.17) is 0 Å². The third kappa shape index (κ3) is 4.95.